The maximum absolute atomic E-state index is 12.6. The number of thiazole rings is 1. The van der Waals surface area contributed by atoms with Gasteiger partial charge in [0.2, 0.25) is 5.91 Å². The summed E-state index contributed by atoms with van der Waals surface area (Å²) in [5, 5.41) is 12.3. The fourth-order valence-electron chi connectivity index (χ4n) is 3.21. The quantitative estimate of drug-likeness (QED) is 0.710. The number of likely N-dealkylation sites (tertiary alicyclic amines) is 1. The van der Waals surface area contributed by atoms with Crippen molar-refractivity contribution in [2.75, 3.05) is 6.54 Å². The molecule has 4 rings (SSSR count). The van der Waals surface area contributed by atoms with Crippen LogP contribution in [0.25, 0.3) is 10.6 Å². The Hall–Kier alpha value is -3.00. The Morgan fingerprint density at radius 2 is 2.11 bits per heavy atom. The molecule has 8 heteroatoms. The third-order valence-corrected chi connectivity index (χ3v) is 5.50. The van der Waals surface area contributed by atoms with Crippen molar-refractivity contribution < 1.29 is 9.59 Å². The Balaban J connectivity index is 1.38. The molecule has 3 heterocycles. The van der Waals surface area contributed by atoms with E-state index < -0.39 is 6.04 Å². The number of nitrogens with one attached hydrogen (secondary N) is 2. The van der Waals surface area contributed by atoms with Crippen LogP contribution < -0.4 is 5.32 Å². The molecule has 138 valence electrons. The SMILES string of the molecule is O=C(NCc1csc(-c2ccccc2)n1)C1CCCN1C(=O)c1ccn[nH]1. The summed E-state index contributed by atoms with van der Waals surface area (Å²) >= 11 is 1.55. The van der Waals surface area contributed by atoms with Crippen LogP contribution in [0.4, 0.5) is 0 Å². The van der Waals surface area contributed by atoms with Crippen molar-refractivity contribution in [1.29, 1.82) is 0 Å². The number of hydrogen-bond acceptors (Lipinski definition) is 5. The summed E-state index contributed by atoms with van der Waals surface area (Å²) in [7, 11) is 0. The van der Waals surface area contributed by atoms with Gasteiger partial charge in [0, 0.05) is 23.7 Å². The number of hydrogen-bond donors (Lipinski definition) is 2. The summed E-state index contributed by atoms with van der Waals surface area (Å²) in [6.07, 6.45) is 3.01. The lowest BCUT2D eigenvalue weighted by atomic mass is 10.2. The number of aromatic amines is 1. The predicted molar refractivity (Wildman–Crippen MR) is 102 cm³/mol. The van der Waals surface area contributed by atoms with E-state index in [1.807, 2.05) is 35.7 Å². The minimum absolute atomic E-state index is 0.144. The summed E-state index contributed by atoms with van der Waals surface area (Å²) in [6.45, 7) is 0.926. The number of nitrogens with zero attached hydrogens (tertiary/aromatic N) is 3. The molecular formula is C19H19N5O2S. The number of carbonyl (C=O) groups is 2. The van der Waals surface area contributed by atoms with Gasteiger partial charge in [-0.2, -0.15) is 5.10 Å². The summed E-state index contributed by atoms with van der Waals surface area (Å²) < 4.78 is 0. The van der Waals surface area contributed by atoms with E-state index in [9.17, 15) is 9.59 Å². The number of carbonyl (C=O) groups excluding carboxylic acids is 2. The van der Waals surface area contributed by atoms with Gasteiger partial charge in [0.05, 0.1) is 12.2 Å². The molecule has 1 unspecified atom stereocenters. The predicted octanol–water partition coefficient (Wildman–Crippen LogP) is 2.45. The van der Waals surface area contributed by atoms with Gasteiger partial charge in [-0.25, -0.2) is 4.98 Å². The average Bonchev–Trinajstić information content (AvgIpc) is 3.47. The second kappa shape index (κ2) is 7.71. The van der Waals surface area contributed by atoms with Crippen molar-refractivity contribution in [1.82, 2.24) is 25.4 Å². The fourth-order valence-corrected chi connectivity index (χ4v) is 4.03. The van der Waals surface area contributed by atoms with Gasteiger partial charge in [-0.3, -0.25) is 14.7 Å². The molecule has 0 radical (unpaired) electrons. The van der Waals surface area contributed by atoms with Gasteiger partial charge in [-0.1, -0.05) is 30.3 Å². The maximum Gasteiger partial charge on any atom is 0.272 e. The standard InChI is InChI=1S/C19H19N5O2S/c25-17(16-7-4-10-24(16)19(26)15-8-9-21-23-15)20-11-14-12-27-18(22-14)13-5-2-1-3-6-13/h1-3,5-6,8-9,12,16H,4,7,10-11H2,(H,20,25)(H,21,23). The van der Waals surface area contributed by atoms with E-state index >= 15 is 0 Å². The molecule has 1 aromatic carbocycles. The van der Waals surface area contributed by atoms with E-state index in [0.29, 0.717) is 25.2 Å². The summed E-state index contributed by atoms with van der Waals surface area (Å²) in [4.78, 5) is 31.3. The Labute approximate surface area is 160 Å². The topological polar surface area (TPSA) is 91.0 Å². The first kappa shape index (κ1) is 17.4. The zero-order valence-corrected chi connectivity index (χ0v) is 15.4. The van der Waals surface area contributed by atoms with Crippen LogP contribution in [0, 0.1) is 0 Å². The van der Waals surface area contributed by atoms with E-state index in [1.165, 1.54) is 6.20 Å². The summed E-state index contributed by atoms with van der Waals surface area (Å²) in [5.41, 5.74) is 2.28. The second-order valence-corrected chi connectivity index (χ2v) is 7.21. The molecular weight excluding hydrogens is 362 g/mol. The highest BCUT2D eigenvalue weighted by Crippen LogP contribution is 2.23. The van der Waals surface area contributed by atoms with Crippen molar-refractivity contribution in [2.45, 2.75) is 25.4 Å². The van der Waals surface area contributed by atoms with Crippen molar-refractivity contribution >= 4 is 23.2 Å². The highest BCUT2D eigenvalue weighted by atomic mass is 32.1. The molecule has 0 aliphatic carbocycles. The summed E-state index contributed by atoms with van der Waals surface area (Å²) in [5.74, 6) is -0.334. The van der Waals surface area contributed by atoms with Gasteiger partial charge in [0.1, 0.15) is 16.7 Å². The largest absolute Gasteiger partial charge is 0.349 e. The molecule has 1 atom stereocenters. The highest BCUT2D eigenvalue weighted by molar-refractivity contribution is 7.13. The molecule has 7 nitrogen and oxygen atoms in total. The summed E-state index contributed by atoms with van der Waals surface area (Å²) in [6, 6.07) is 11.1. The first-order valence-electron chi connectivity index (χ1n) is 8.80. The molecule has 1 fully saturated rings. The zero-order chi connectivity index (χ0) is 18.6. The van der Waals surface area contributed by atoms with Crippen LogP contribution in [0.5, 0.6) is 0 Å². The van der Waals surface area contributed by atoms with Gasteiger partial charge < -0.3 is 10.2 Å². The van der Waals surface area contributed by atoms with E-state index in [1.54, 1.807) is 22.3 Å². The van der Waals surface area contributed by atoms with Crippen LogP contribution in [-0.2, 0) is 11.3 Å². The van der Waals surface area contributed by atoms with Crippen LogP contribution in [0.3, 0.4) is 0 Å². The number of aromatic nitrogens is 3. The highest BCUT2D eigenvalue weighted by Gasteiger charge is 2.34. The van der Waals surface area contributed by atoms with Gasteiger partial charge >= 0.3 is 0 Å². The van der Waals surface area contributed by atoms with Crippen molar-refractivity contribution in [2.24, 2.45) is 0 Å². The number of H-pyrrole nitrogens is 1. The molecule has 3 aromatic rings. The number of rotatable bonds is 5. The van der Waals surface area contributed by atoms with Crippen molar-refractivity contribution in [3.05, 3.63) is 59.4 Å². The lowest BCUT2D eigenvalue weighted by molar-refractivity contribution is -0.125. The van der Waals surface area contributed by atoms with E-state index in [4.69, 9.17) is 0 Å². The molecule has 2 N–H and O–H groups in total. The van der Waals surface area contributed by atoms with Crippen LogP contribution in [0.2, 0.25) is 0 Å². The molecule has 0 saturated carbocycles. The monoisotopic (exact) mass is 381 g/mol. The van der Waals surface area contributed by atoms with Gasteiger partial charge in [0.25, 0.3) is 5.91 Å². The van der Waals surface area contributed by atoms with E-state index in [2.05, 4.69) is 20.5 Å². The average molecular weight is 381 g/mol. The molecule has 0 bridgehead atoms. The lowest BCUT2D eigenvalue weighted by Gasteiger charge is -2.23. The van der Waals surface area contributed by atoms with Gasteiger partial charge in [0.15, 0.2) is 0 Å². The van der Waals surface area contributed by atoms with Gasteiger partial charge in [-0.05, 0) is 18.9 Å². The molecule has 27 heavy (non-hydrogen) atoms. The normalized spacial score (nSPS) is 16.4. The second-order valence-electron chi connectivity index (χ2n) is 6.35. The first-order valence-corrected chi connectivity index (χ1v) is 9.68. The number of benzene rings is 1. The van der Waals surface area contributed by atoms with Crippen LogP contribution in [-0.4, -0.2) is 44.5 Å². The number of amides is 2. The Morgan fingerprint density at radius 3 is 2.89 bits per heavy atom. The molecule has 1 aliphatic rings. The first-order chi connectivity index (χ1) is 13.2. The minimum Gasteiger partial charge on any atom is -0.349 e. The van der Waals surface area contributed by atoms with Gasteiger partial charge in [-0.15, -0.1) is 11.3 Å². The zero-order valence-electron chi connectivity index (χ0n) is 14.6. The Morgan fingerprint density at radius 1 is 1.26 bits per heavy atom. The molecule has 1 saturated heterocycles. The van der Waals surface area contributed by atoms with Crippen molar-refractivity contribution in [3.63, 3.8) is 0 Å². The van der Waals surface area contributed by atoms with E-state index in [0.717, 1.165) is 22.7 Å². The molecule has 1 aliphatic heterocycles. The fraction of sp³-hybridized carbons (Fsp3) is 0.263. The van der Waals surface area contributed by atoms with Crippen LogP contribution in [0.15, 0.2) is 48.0 Å². The van der Waals surface area contributed by atoms with Crippen molar-refractivity contribution in [3.8, 4) is 10.6 Å². The molecule has 2 aromatic heterocycles. The van der Waals surface area contributed by atoms with Crippen LogP contribution >= 0.6 is 11.3 Å². The minimum atomic E-state index is -0.451. The third kappa shape index (κ3) is 3.75. The Bertz CT molecular complexity index is 923. The smallest absolute Gasteiger partial charge is 0.272 e. The third-order valence-electron chi connectivity index (χ3n) is 4.56. The molecule has 0 spiro atoms. The maximum atomic E-state index is 12.6. The van der Waals surface area contributed by atoms with Crippen LogP contribution in [0.1, 0.15) is 29.0 Å². The van der Waals surface area contributed by atoms with E-state index in [-0.39, 0.29) is 11.8 Å². The Kier molecular flexibility index (Phi) is 4.97. The molecule has 2 amide bonds. The lowest BCUT2D eigenvalue weighted by Crippen LogP contribution is -2.45.